The quantitative estimate of drug-likeness (QED) is 0.144. The van der Waals surface area contributed by atoms with Crippen molar-refractivity contribution in [2.75, 3.05) is 24.6 Å². The molecule has 0 radical (unpaired) electrons. The number of nitrogens with zero attached hydrogens (tertiary/aromatic N) is 3. The number of anilines is 2. The molecule has 0 unspecified atom stereocenters. The van der Waals surface area contributed by atoms with Gasteiger partial charge in [-0.2, -0.15) is 0 Å². The van der Waals surface area contributed by atoms with E-state index in [1.165, 1.54) is 0 Å². The second-order valence-electron chi connectivity index (χ2n) is 7.76. The molecule has 11 nitrogen and oxygen atoms in total. The van der Waals surface area contributed by atoms with Crippen molar-refractivity contribution in [2.45, 2.75) is 30.6 Å². The molecule has 1 aromatic heterocycles. The number of carbonyl (C=O) groups excluding carboxylic acids is 1. The normalized spacial score (nSPS) is 12.1. The van der Waals surface area contributed by atoms with Crippen LogP contribution in [0.2, 0.25) is 10.2 Å². The number of rotatable bonds is 10. The number of carbonyl (C=O) groups is 1. The van der Waals surface area contributed by atoms with E-state index in [1.54, 1.807) is 36.4 Å². The standard InChI is InChI=1S/C22H26Cl2N8O3S/c23-15-9-5-8-14-13(15)7-6-10-16(14)36(34,35)29-12-4-2-1-3-11-28-22(27)32-21(33)17-19(25)31-20(26)18(24)30-17/h5-10,29H,1-4,11-12H2,(H4,25,26,31)(H3,27,28,32,33). The molecule has 1 heterocycles. The molecule has 8 N–H and O–H groups in total. The van der Waals surface area contributed by atoms with Gasteiger partial charge in [0.05, 0.1) is 4.90 Å². The molecule has 2 aromatic carbocycles. The summed E-state index contributed by atoms with van der Waals surface area (Å²) in [6.45, 7) is 0.672. The Morgan fingerprint density at radius 3 is 2.42 bits per heavy atom. The molecule has 36 heavy (non-hydrogen) atoms. The molecular weight excluding hydrogens is 527 g/mol. The van der Waals surface area contributed by atoms with Gasteiger partial charge in [0.25, 0.3) is 5.91 Å². The van der Waals surface area contributed by atoms with Crippen LogP contribution in [0.1, 0.15) is 36.2 Å². The van der Waals surface area contributed by atoms with Crippen LogP contribution in [0, 0.1) is 0 Å². The van der Waals surface area contributed by atoms with Crippen LogP contribution in [-0.4, -0.2) is 43.3 Å². The Bertz CT molecular complexity index is 1400. The van der Waals surface area contributed by atoms with Gasteiger partial charge in [-0.05, 0) is 25.0 Å². The SMILES string of the molecule is NC(=NCCCCCCNS(=O)(=O)c1cccc2c(Cl)cccc12)NC(=O)c1nc(Cl)c(N)nc1N. The highest BCUT2D eigenvalue weighted by Gasteiger charge is 2.18. The minimum absolute atomic E-state index is 0.0846. The fourth-order valence-electron chi connectivity index (χ4n) is 3.37. The third-order valence-corrected chi connectivity index (χ3v) is 7.27. The van der Waals surface area contributed by atoms with Crippen LogP contribution < -0.4 is 27.2 Å². The van der Waals surface area contributed by atoms with Crippen LogP contribution >= 0.6 is 23.2 Å². The Morgan fingerprint density at radius 1 is 0.944 bits per heavy atom. The van der Waals surface area contributed by atoms with Crippen molar-refractivity contribution in [1.82, 2.24) is 20.0 Å². The molecule has 0 saturated heterocycles. The van der Waals surface area contributed by atoms with Gasteiger partial charge < -0.3 is 17.2 Å². The van der Waals surface area contributed by atoms with Crippen LogP contribution in [-0.2, 0) is 10.0 Å². The maximum Gasteiger partial charge on any atom is 0.280 e. The molecule has 192 valence electrons. The first-order valence-corrected chi connectivity index (χ1v) is 13.2. The number of nitrogen functional groups attached to an aromatic ring is 2. The van der Waals surface area contributed by atoms with Gasteiger partial charge in [-0.15, -0.1) is 0 Å². The lowest BCUT2D eigenvalue weighted by Crippen LogP contribution is -2.38. The van der Waals surface area contributed by atoms with Crippen molar-refractivity contribution in [1.29, 1.82) is 0 Å². The zero-order valence-electron chi connectivity index (χ0n) is 19.2. The van der Waals surface area contributed by atoms with Crippen molar-refractivity contribution >= 4 is 67.5 Å². The van der Waals surface area contributed by atoms with Gasteiger partial charge in [0.15, 0.2) is 28.4 Å². The molecule has 3 aromatic rings. The van der Waals surface area contributed by atoms with Crippen molar-refractivity contribution in [3.63, 3.8) is 0 Å². The molecule has 14 heteroatoms. The number of amides is 1. The highest BCUT2D eigenvalue weighted by atomic mass is 35.5. The highest BCUT2D eigenvalue weighted by molar-refractivity contribution is 7.89. The van der Waals surface area contributed by atoms with Crippen molar-refractivity contribution < 1.29 is 13.2 Å². The number of sulfonamides is 1. The number of aliphatic imine (C=N–C) groups is 1. The molecule has 0 aliphatic carbocycles. The fourth-order valence-corrected chi connectivity index (χ4v) is 5.03. The predicted octanol–water partition coefficient (Wildman–Crippen LogP) is 2.68. The molecule has 0 spiro atoms. The van der Waals surface area contributed by atoms with Crippen molar-refractivity contribution in [3.8, 4) is 0 Å². The van der Waals surface area contributed by atoms with E-state index in [1.807, 2.05) is 0 Å². The molecule has 0 aliphatic rings. The van der Waals surface area contributed by atoms with E-state index in [2.05, 4.69) is 25.0 Å². The molecule has 0 bridgehead atoms. The molecule has 0 aliphatic heterocycles. The van der Waals surface area contributed by atoms with E-state index >= 15 is 0 Å². The molecule has 3 rings (SSSR count). The summed E-state index contributed by atoms with van der Waals surface area (Å²) < 4.78 is 28.2. The number of fused-ring (bicyclic) bond motifs is 1. The Balaban J connectivity index is 1.39. The summed E-state index contributed by atoms with van der Waals surface area (Å²) in [7, 11) is -3.68. The van der Waals surface area contributed by atoms with Gasteiger partial charge in [-0.1, -0.05) is 60.3 Å². The molecule has 0 fully saturated rings. The number of nitrogens with one attached hydrogen (secondary N) is 2. The van der Waals surface area contributed by atoms with Gasteiger partial charge in [0.1, 0.15) is 0 Å². The average Bonchev–Trinajstić information content (AvgIpc) is 2.82. The predicted molar refractivity (Wildman–Crippen MR) is 142 cm³/mol. The number of nitrogens with two attached hydrogens (primary N) is 3. The lowest BCUT2D eigenvalue weighted by Gasteiger charge is -2.10. The van der Waals surface area contributed by atoms with Gasteiger partial charge >= 0.3 is 0 Å². The summed E-state index contributed by atoms with van der Waals surface area (Å²) >= 11 is 12.0. The van der Waals surface area contributed by atoms with Gasteiger partial charge in [0, 0.05) is 28.9 Å². The van der Waals surface area contributed by atoms with Gasteiger partial charge in [-0.25, -0.2) is 23.1 Å². The lowest BCUT2D eigenvalue weighted by atomic mass is 10.1. The third kappa shape index (κ3) is 6.94. The van der Waals surface area contributed by atoms with Crippen LogP contribution in [0.15, 0.2) is 46.3 Å². The van der Waals surface area contributed by atoms with E-state index in [4.69, 9.17) is 40.4 Å². The van der Waals surface area contributed by atoms with E-state index in [0.29, 0.717) is 41.7 Å². The zero-order chi connectivity index (χ0) is 26.3. The Labute approximate surface area is 218 Å². The Morgan fingerprint density at radius 2 is 1.64 bits per heavy atom. The summed E-state index contributed by atoms with van der Waals surface area (Å²) in [5, 5.41) is 3.98. The second kappa shape index (κ2) is 12.2. The summed E-state index contributed by atoms with van der Waals surface area (Å²) in [6, 6.07) is 10.2. The third-order valence-electron chi connectivity index (χ3n) is 5.14. The minimum Gasteiger partial charge on any atom is -0.382 e. The lowest BCUT2D eigenvalue weighted by molar-refractivity contribution is 0.0972. The number of halogens is 2. The molecular formula is C22H26Cl2N8O3S. The molecule has 0 saturated carbocycles. The van der Waals surface area contributed by atoms with E-state index in [0.717, 1.165) is 12.8 Å². The summed E-state index contributed by atoms with van der Waals surface area (Å²) in [5.41, 5.74) is 16.6. The maximum absolute atomic E-state index is 12.8. The van der Waals surface area contributed by atoms with E-state index in [9.17, 15) is 13.2 Å². The van der Waals surface area contributed by atoms with Crippen LogP contribution in [0.25, 0.3) is 10.8 Å². The summed E-state index contributed by atoms with van der Waals surface area (Å²) in [4.78, 5) is 24.0. The fraction of sp³-hybridized carbons (Fsp3) is 0.273. The maximum atomic E-state index is 12.8. The van der Waals surface area contributed by atoms with Crippen molar-refractivity contribution in [3.05, 3.63) is 52.3 Å². The van der Waals surface area contributed by atoms with Crippen molar-refractivity contribution in [2.24, 2.45) is 10.7 Å². The number of hydrogen-bond donors (Lipinski definition) is 5. The first kappa shape index (κ1) is 27.4. The summed E-state index contributed by atoms with van der Waals surface area (Å²) in [5.74, 6) is -1.07. The largest absolute Gasteiger partial charge is 0.382 e. The number of unbranched alkanes of at least 4 members (excludes halogenated alkanes) is 3. The molecule has 1 amide bonds. The molecule has 0 atom stereocenters. The first-order chi connectivity index (χ1) is 17.1. The summed E-state index contributed by atoms with van der Waals surface area (Å²) in [6.07, 6.45) is 2.92. The first-order valence-electron chi connectivity index (χ1n) is 11.0. The number of guanidine groups is 1. The number of hydrogen-bond acceptors (Lipinski definition) is 8. The van der Waals surface area contributed by atoms with E-state index < -0.39 is 15.9 Å². The Hall–Kier alpha value is -3.19. The topological polar surface area (TPSA) is 191 Å². The monoisotopic (exact) mass is 552 g/mol. The van der Waals surface area contributed by atoms with Gasteiger partial charge in [-0.3, -0.25) is 15.1 Å². The van der Waals surface area contributed by atoms with Gasteiger partial charge in [0.2, 0.25) is 10.0 Å². The smallest absolute Gasteiger partial charge is 0.280 e. The van der Waals surface area contributed by atoms with Crippen LogP contribution in [0.5, 0.6) is 0 Å². The Kier molecular flexibility index (Phi) is 9.26. The number of aromatic nitrogens is 2. The van der Waals surface area contributed by atoms with Crippen LogP contribution in [0.3, 0.4) is 0 Å². The highest BCUT2D eigenvalue weighted by Crippen LogP contribution is 2.28. The average molecular weight is 553 g/mol. The minimum atomic E-state index is -3.68. The van der Waals surface area contributed by atoms with E-state index in [-0.39, 0.29) is 33.3 Å². The zero-order valence-corrected chi connectivity index (χ0v) is 21.5. The number of benzene rings is 2. The van der Waals surface area contributed by atoms with Crippen LogP contribution in [0.4, 0.5) is 11.6 Å². The second-order valence-corrected chi connectivity index (χ2v) is 10.3.